The molecule has 4 nitrogen and oxygen atoms in total. The maximum atomic E-state index is 11.8. The van der Waals surface area contributed by atoms with E-state index in [0.29, 0.717) is 5.75 Å². The molecule has 24 heavy (non-hydrogen) atoms. The molecule has 1 heterocycles. The van der Waals surface area contributed by atoms with Crippen molar-refractivity contribution in [1.82, 2.24) is 0 Å². The van der Waals surface area contributed by atoms with E-state index in [2.05, 4.69) is 12.1 Å². The quantitative estimate of drug-likeness (QED) is 0.571. The highest BCUT2D eigenvalue weighted by Crippen LogP contribution is 2.37. The van der Waals surface area contributed by atoms with E-state index < -0.39 is 11.8 Å². The van der Waals surface area contributed by atoms with Crippen molar-refractivity contribution in [3.05, 3.63) is 59.7 Å². The Morgan fingerprint density at radius 1 is 1.12 bits per heavy atom. The average molecular weight is 326 g/mol. The van der Waals surface area contributed by atoms with Crippen molar-refractivity contribution in [3.63, 3.8) is 0 Å². The number of carbonyl (C=O) groups excluding carboxylic acids is 1. The van der Waals surface area contributed by atoms with E-state index in [-0.39, 0.29) is 6.10 Å². The minimum Gasteiger partial charge on any atom is -0.485 e. The van der Waals surface area contributed by atoms with Crippen molar-refractivity contribution >= 4 is 6.16 Å². The van der Waals surface area contributed by atoms with E-state index >= 15 is 0 Å². The predicted molar refractivity (Wildman–Crippen MR) is 91.4 cm³/mol. The van der Waals surface area contributed by atoms with Crippen molar-refractivity contribution in [1.29, 1.82) is 0 Å². The Balaban J connectivity index is 1.73. The fraction of sp³-hybridized carbons (Fsp3) is 0.350. The molecule has 2 aromatic rings. The second-order valence-electron chi connectivity index (χ2n) is 6.89. The van der Waals surface area contributed by atoms with Gasteiger partial charge in [0.15, 0.2) is 0 Å². The van der Waals surface area contributed by atoms with Gasteiger partial charge in [-0.05, 0) is 50.8 Å². The largest absolute Gasteiger partial charge is 0.514 e. The van der Waals surface area contributed by atoms with E-state index in [1.807, 2.05) is 24.3 Å². The van der Waals surface area contributed by atoms with Crippen LogP contribution in [0, 0.1) is 0 Å². The van der Waals surface area contributed by atoms with Gasteiger partial charge in [-0.2, -0.15) is 0 Å². The lowest BCUT2D eigenvalue weighted by Crippen LogP contribution is -2.26. The smallest absolute Gasteiger partial charge is 0.485 e. The molecular weight excluding hydrogens is 304 g/mol. The lowest BCUT2D eigenvalue weighted by atomic mass is 9.97. The van der Waals surface area contributed by atoms with E-state index in [9.17, 15) is 4.79 Å². The van der Waals surface area contributed by atoms with Crippen LogP contribution in [0.5, 0.6) is 11.5 Å². The molecule has 0 spiro atoms. The van der Waals surface area contributed by atoms with Crippen LogP contribution in [0.25, 0.3) is 0 Å². The van der Waals surface area contributed by atoms with Gasteiger partial charge in [0.05, 0.1) is 0 Å². The van der Waals surface area contributed by atoms with Crippen LogP contribution in [0.4, 0.5) is 4.79 Å². The highest BCUT2D eigenvalue weighted by atomic mass is 16.7. The number of ether oxygens (including phenoxy) is 3. The van der Waals surface area contributed by atoms with E-state index in [1.165, 1.54) is 0 Å². The highest BCUT2D eigenvalue weighted by molar-refractivity contribution is 5.64. The fourth-order valence-corrected chi connectivity index (χ4v) is 2.68. The highest BCUT2D eigenvalue weighted by Gasteiger charge is 2.23. The molecule has 1 atom stereocenters. The molecule has 2 aromatic carbocycles. The van der Waals surface area contributed by atoms with Gasteiger partial charge < -0.3 is 14.2 Å². The molecule has 0 radical (unpaired) electrons. The summed E-state index contributed by atoms with van der Waals surface area (Å²) >= 11 is 0. The molecule has 0 aliphatic carbocycles. The van der Waals surface area contributed by atoms with Crippen molar-refractivity contribution in [2.24, 2.45) is 0 Å². The first kappa shape index (κ1) is 16.4. The third-order valence-corrected chi connectivity index (χ3v) is 3.75. The zero-order chi connectivity index (χ0) is 17.2. The van der Waals surface area contributed by atoms with Crippen molar-refractivity contribution in [2.45, 2.75) is 45.3 Å². The van der Waals surface area contributed by atoms with Gasteiger partial charge in [0.2, 0.25) is 0 Å². The first-order valence-corrected chi connectivity index (χ1v) is 8.16. The Labute approximate surface area is 142 Å². The number of aryl methyl sites for hydroxylation is 1. The van der Waals surface area contributed by atoms with Crippen LogP contribution >= 0.6 is 0 Å². The Kier molecular flexibility index (Phi) is 4.47. The molecule has 0 N–H and O–H groups in total. The Morgan fingerprint density at radius 2 is 1.88 bits per heavy atom. The van der Waals surface area contributed by atoms with Gasteiger partial charge in [-0.1, -0.05) is 36.4 Å². The molecule has 3 rings (SSSR count). The summed E-state index contributed by atoms with van der Waals surface area (Å²) < 4.78 is 16.5. The van der Waals surface area contributed by atoms with Crippen molar-refractivity contribution < 1.29 is 19.0 Å². The maximum Gasteiger partial charge on any atom is 0.514 e. The van der Waals surface area contributed by atoms with E-state index in [0.717, 1.165) is 29.7 Å². The first-order chi connectivity index (χ1) is 11.4. The van der Waals surface area contributed by atoms with Gasteiger partial charge in [-0.25, -0.2) is 4.79 Å². The summed E-state index contributed by atoms with van der Waals surface area (Å²) in [7, 11) is 0. The Hall–Kier alpha value is -2.49. The van der Waals surface area contributed by atoms with Gasteiger partial charge in [0.1, 0.15) is 23.2 Å². The summed E-state index contributed by atoms with van der Waals surface area (Å²) in [5, 5.41) is 0. The van der Waals surface area contributed by atoms with Crippen molar-refractivity contribution in [3.8, 4) is 11.5 Å². The molecule has 0 saturated carbocycles. The monoisotopic (exact) mass is 326 g/mol. The molecule has 126 valence electrons. The summed E-state index contributed by atoms with van der Waals surface area (Å²) in [6.45, 7) is 5.40. The third-order valence-electron chi connectivity index (χ3n) is 3.75. The number of benzene rings is 2. The second kappa shape index (κ2) is 6.56. The zero-order valence-corrected chi connectivity index (χ0v) is 14.2. The molecule has 0 aromatic heterocycles. The summed E-state index contributed by atoms with van der Waals surface area (Å²) in [5.41, 5.74) is 1.69. The van der Waals surface area contributed by atoms with Crippen LogP contribution < -0.4 is 9.47 Å². The Bertz CT molecular complexity index is 716. The third kappa shape index (κ3) is 4.07. The van der Waals surface area contributed by atoms with Crippen LogP contribution in [0.2, 0.25) is 0 Å². The summed E-state index contributed by atoms with van der Waals surface area (Å²) in [4.78, 5) is 11.8. The van der Waals surface area contributed by atoms with Crippen molar-refractivity contribution in [2.75, 3.05) is 0 Å². The summed E-state index contributed by atoms with van der Waals surface area (Å²) in [6.07, 6.45) is 1.18. The van der Waals surface area contributed by atoms with Crippen LogP contribution in [-0.2, 0) is 11.2 Å². The number of hydrogen-bond donors (Lipinski definition) is 0. The van der Waals surface area contributed by atoms with Crippen LogP contribution in [0.15, 0.2) is 48.5 Å². The van der Waals surface area contributed by atoms with Gasteiger partial charge in [-0.15, -0.1) is 0 Å². The molecule has 4 heteroatoms. The van der Waals surface area contributed by atoms with Gasteiger partial charge in [0.25, 0.3) is 0 Å². The fourth-order valence-electron chi connectivity index (χ4n) is 2.68. The Morgan fingerprint density at radius 3 is 2.58 bits per heavy atom. The minimum absolute atomic E-state index is 0.0236. The van der Waals surface area contributed by atoms with Crippen LogP contribution in [0.3, 0.4) is 0 Å². The molecule has 1 aliphatic rings. The molecule has 1 unspecified atom stereocenters. The predicted octanol–water partition coefficient (Wildman–Crippen LogP) is 5.07. The number of carbonyl (C=O) groups is 1. The summed E-state index contributed by atoms with van der Waals surface area (Å²) in [5.74, 6) is 1.19. The molecular formula is C20H22O4. The van der Waals surface area contributed by atoms with E-state index in [1.54, 1.807) is 32.9 Å². The number of rotatable bonds is 2. The molecule has 1 aliphatic heterocycles. The topological polar surface area (TPSA) is 44.8 Å². The van der Waals surface area contributed by atoms with Gasteiger partial charge >= 0.3 is 6.16 Å². The number of hydrogen-bond acceptors (Lipinski definition) is 4. The van der Waals surface area contributed by atoms with E-state index in [4.69, 9.17) is 14.2 Å². The molecule has 0 amide bonds. The first-order valence-electron chi connectivity index (χ1n) is 8.16. The normalized spacial score (nSPS) is 16.7. The SMILES string of the molecule is CC(C)(C)OC(=O)Oc1ccc2c(c1)OC(c1ccccc1)CC2. The van der Waals surface area contributed by atoms with Crippen LogP contribution in [-0.4, -0.2) is 11.8 Å². The lowest BCUT2D eigenvalue weighted by molar-refractivity contribution is 0.0205. The van der Waals surface area contributed by atoms with Gasteiger partial charge in [-0.3, -0.25) is 0 Å². The number of fused-ring (bicyclic) bond motifs is 1. The lowest BCUT2D eigenvalue weighted by Gasteiger charge is -2.27. The van der Waals surface area contributed by atoms with Gasteiger partial charge in [0, 0.05) is 6.07 Å². The molecule has 0 bridgehead atoms. The minimum atomic E-state index is -0.710. The van der Waals surface area contributed by atoms with Crippen LogP contribution in [0.1, 0.15) is 44.4 Å². The molecule has 0 saturated heterocycles. The second-order valence-corrected chi connectivity index (χ2v) is 6.89. The molecule has 0 fully saturated rings. The maximum absolute atomic E-state index is 11.8. The average Bonchev–Trinajstić information content (AvgIpc) is 2.53. The zero-order valence-electron chi connectivity index (χ0n) is 14.2. The standard InChI is InChI=1S/C20H22O4/c1-20(2,3)24-19(21)22-16-11-9-15-10-12-17(23-18(15)13-16)14-7-5-4-6-8-14/h4-9,11,13,17H,10,12H2,1-3H3. The summed E-state index contributed by atoms with van der Waals surface area (Å²) in [6, 6.07) is 15.6.